The number of alkyl halides is 3. The van der Waals surface area contributed by atoms with Crippen LogP contribution in [-0.4, -0.2) is 17.0 Å². The molecule has 0 radical (unpaired) electrons. The molecule has 1 aromatic carbocycles. The highest BCUT2D eigenvalue weighted by molar-refractivity contribution is 5.33. The molecule has 0 aliphatic carbocycles. The molecule has 0 atom stereocenters. The largest absolute Gasteiger partial charge is 0.433 e. The van der Waals surface area contributed by atoms with Crippen molar-refractivity contribution in [2.24, 2.45) is 5.73 Å². The molecular formula is C14H15F3N4. The Hall–Kier alpha value is -2.15. The smallest absolute Gasteiger partial charge is 0.340 e. The number of nitrogens with two attached hydrogens (primary N) is 1. The van der Waals surface area contributed by atoms with Gasteiger partial charge in [0.15, 0.2) is 0 Å². The average molecular weight is 296 g/mol. The number of halogens is 3. The molecule has 4 nitrogen and oxygen atoms in total. The first-order valence-corrected chi connectivity index (χ1v) is 6.29. The molecule has 0 amide bonds. The number of rotatable bonds is 4. The lowest BCUT2D eigenvalue weighted by Gasteiger charge is -2.18. The van der Waals surface area contributed by atoms with Crippen molar-refractivity contribution in [3.8, 4) is 0 Å². The topological polar surface area (TPSA) is 55.0 Å². The number of hydrogen-bond donors (Lipinski definition) is 1. The number of hydrogen-bond acceptors (Lipinski definition) is 4. The summed E-state index contributed by atoms with van der Waals surface area (Å²) in [6, 6.07) is 8.39. The quantitative estimate of drug-likeness (QED) is 0.942. The van der Waals surface area contributed by atoms with E-state index in [2.05, 4.69) is 9.97 Å². The predicted octanol–water partition coefficient (Wildman–Crippen LogP) is 2.59. The fraction of sp³-hybridized carbons (Fsp3) is 0.286. The van der Waals surface area contributed by atoms with Gasteiger partial charge in [-0.15, -0.1) is 0 Å². The minimum absolute atomic E-state index is 0.0305. The van der Waals surface area contributed by atoms with Gasteiger partial charge in [0.25, 0.3) is 0 Å². The highest BCUT2D eigenvalue weighted by Gasteiger charge is 2.33. The third-order valence-electron chi connectivity index (χ3n) is 2.92. The maximum Gasteiger partial charge on any atom is 0.433 e. The summed E-state index contributed by atoms with van der Waals surface area (Å²) in [6.45, 7) is 0.812. The van der Waals surface area contributed by atoms with Crippen molar-refractivity contribution in [3.63, 3.8) is 0 Å². The van der Waals surface area contributed by atoms with E-state index in [0.29, 0.717) is 13.1 Å². The van der Waals surface area contributed by atoms with Crippen molar-refractivity contribution in [1.82, 2.24) is 9.97 Å². The normalized spacial score (nSPS) is 11.5. The molecule has 2 N–H and O–H groups in total. The fourth-order valence-electron chi connectivity index (χ4n) is 1.89. The molecule has 0 aliphatic rings. The van der Waals surface area contributed by atoms with Crippen LogP contribution >= 0.6 is 0 Å². The Morgan fingerprint density at radius 3 is 2.57 bits per heavy atom. The lowest BCUT2D eigenvalue weighted by atomic mass is 10.1. The van der Waals surface area contributed by atoms with Crippen LogP contribution in [0.1, 0.15) is 16.8 Å². The zero-order valence-corrected chi connectivity index (χ0v) is 11.4. The summed E-state index contributed by atoms with van der Waals surface area (Å²) in [5.41, 5.74) is 6.51. The maximum atomic E-state index is 12.6. The highest BCUT2D eigenvalue weighted by atomic mass is 19.4. The van der Waals surface area contributed by atoms with Crippen molar-refractivity contribution in [2.75, 3.05) is 11.9 Å². The van der Waals surface area contributed by atoms with Crippen LogP contribution in [0.3, 0.4) is 0 Å². The van der Waals surface area contributed by atoms with Crippen LogP contribution in [0.4, 0.5) is 19.1 Å². The molecule has 0 saturated heterocycles. The maximum absolute atomic E-state index is 12.6. The minimum atomic E-state index is -4.47. The van der Waals surface area contributed by atoms with Crippen molar-refractivity contribution < 1.29 is 13.2 Å². The first-order valence-electron chi connectivity index (χ1n) is 6.29. The van der Waals surface area contributed by atoms with E-state index in [1.807, 2.05) is 24.3 Å². The molecule has 1 aromatic heterocycles. The van der Waals surface area contributed by atoms with Gasteiger partial charge in [0.05, 0.1) is 0 Å². The van der Waals surface area contributed by atoms with Crippen molar-refractivity contribution in [2.45, 2.75) is 19.3 Å². The van der Waals surface area contributed by atoms with Crippen LogP contribution in [0.15, 0.2) is 36.5 Å². The van der Waals surface area contributed by atoms with E-state index in [1.165, 1.54) is 0 Å². The summed E-state index contributed by atoms with van der Waals surface area (Å²) in [6.07, 6.45) is -3.37. The molecule has 2 aromatic rings. The lowest BCUT2D eigenvalue weighted by molar-refractivity contribution is -0.141. The molecule has 0 fully saturated rings. The third-order valence-corrected chi connectivity index (χ3v) is 2.92. The Kier molecular flexibility index (Phi) is 4.42. The fourth-order valence-corrected chi connectivity index (χ4v) is 1.89. The van der Waals surface area contributed by atoms with Crippen LogP contribution < -0.4 is 10.6 Å². The van der Waals surface area contributed by atoms with Crippen molar-refractivity contribution in [3.05, 3.63) is 53.3 Å². The van der Waals surface area contributed by atoms with E-state index >= 15 is 0 Å². The predicted molar refractivity (Wildman–Crippen MR) is 73.5 cm³/mol. The van der Waals surface area contributed by atoms with Crippen LogP contribution in [-0.2, 0) is 19.3 Å². The summed E-state index contributed by atoms with van der Waals surface area (Å²) in [5, 5.41) is 0. The molecule has 2 rings (SSSR count). The second kappa shape index (κ2) is 6.09. The molecule has 0 unspecified atom stereocenters. The Labute approximate surface area is 120 Å². The van der Waals surface area contributed by atoms with E-state index in [1.54, 1.807) is 11.9 Å². The molecule has 112 valence electrons. The monoisotopic (exact) mass is 296 g/mol. The summed E-state index contributed by atoms with van der Waals surface area (Å²) in [5.74, 6) is 0.0305. The summed E-state index contributed by atoms with van der Waals surface area (Å²) >= 11 is 0. The van der Waals surface area contributed by atoms with Gasteiger partial charge in [0.2, 0.25) is 5.95 Å². The summed E-state index contributed by atoms with van der Waals surface area (Å²) < 4.78 is 37.9. The van der Waals surface area contributed by atoms with Gasteiger partial charge in [-0.3, -0.25) is 0 Å². The van der Waals surface area contributed by atoms with E-state index in [0.717, 1.165) is 23.4 Å². The zero-order chi connectivity index (χ0) is 15.5. The average Bonchev–Trinajstić information content (AvgIpc) is 2.46. The minimum Gasteiger partial charge on any atom is -0.340 e. The first-order chi connectivity index (χ1) is 9.90. The second-order valence-electron chi connectivity index (χ2n) is 4.62. The number of aromatic nitrogens is 2. The van der Waals surface area contributed by atoms with Gasteiger partial charge in [0.1, 0.15) is 5.69 Å². The molecular weight excluding hydrogens is 281 g/mol. The molecule has 0 aliphatic heterocycles. The molecule has 0 bridgehead atoms. The van der Waals surface area contributed by atoms with Crippen LogP contribution in [0.5, 0.6) is 0 Å². The molecule has 1 heterocycles. The first kappa shape index (κ1) is 15.2. The Morgan fingerprint density at radius 1 is 1.19 bits per heavy atom. The van der Waals surface area contributed by atoms with Crippen LogP contribution in [0.25, 0.3) is 0 Å². The molecule has 7 heteroatoms. The van der Waals surface area contributed by atoms with Crippen LogP contribution in [0, 0.1) is 0 Å². The SMILES string of the molecule is CN(Cc1cccc(CN)c1)c1nccc(C(F)(F)F)n1. The van der Waals surface area contributed by atoms with Gasteiger partial charge < -0.3 is 10.6 Å². The molecule has 0 spiro atoms. The van der Waals surface area contributed by atoms with Crippen molar-refractivity contribution in [1.29, 1.82) is 0 Å². The van der Waals surface area contributed by atoms with E-state index in [9.17, 15) is 13.2 Å². The van der Waals surface area contributed by atoms with Gasteiger partial charge in [-0.05, 0) is 17.2 Å². The van der Waals surface area contributed by atoms with Gasteiger partial charge in [-0.1, -0.05) is 24.3 Å². The summed E-state index contributed by atoms with van der Waals surface area (Å²) in [7, 11) is 1.64. The number of anilines is 1. The van der Waals surface area contributed by atoms with E-state index in [4.69, 9.17) is 5.73 Å². The van der Waals surface area contributed by atoms with Gasteiger partial charge in [0, 0.05) is 26.3 Å². The van der Waals surface area contributed by atoms with E-state index < -0.39 is 11.9 Å². The number of nitrogens with zero attached hydrogens (tertiary/aromatic N) is 3. The summed E-state index contributed by atoms with van der Waals surface area (Å²) in [4.78, 5) is 8.99. The van der Waals surface area contributed by atoms with E-state index in [-0.39, 0.29) is 5.95 Å². The van der Waals surface area contributed by atoms with Crippen molar-refractivity contribution >= 4 is 5.95 Å². The highest BCUT2D eigenvalue weighted by Crippen LogP contribution is 2.28. The Morgan fingerprint density at radius 2 is 1.90 bits per heavy atom. The Balaban J connectivity index is 2.18. The molecule has 21 heavy (non-hydrogen) atoms. The van der Waals surface area contributed by atoms with Gasteiger partial charge in [-0.2, -0.15) is 13.2 Å². The third kappa shape index (κ3) is 3.91. The number of benzene rings is 1. The molecule has 0 saturated carbocycles. The standard InChI is InChI=1S/C14H15F3N4/c1-21(9-11-4-2-3-10(7-11)8-18)13-19-6-5-12(20-13)14(15,16)17/h2-7H,8-9,18H2,1H3. The lowest BCUT2D eigenvalue weighted by Crippen LogP contribution is -2.21. The van der Waals surface area contributed by atoms with Gasteiger partial charge in [-0.25, -0.2) is 9.97 Å². The van der Waals surface area contributed by atoms with Gasteiger partial charge >= 0.3 is 6.18 Å². The Bertz CT molecular complexity index is 613. The van der Waals surface area contributed by atoms with Crippen LogP contribution in [0.2, 0.25) is 0 Å². The second-order valence-corrected chi connectivity index (χ2v) is 4.62. The zero-order valence-electron chi connectivity index (χ0n) is 11.4.